The highest BCUT2D eigenvalue weighted by Crippen LogP contribution is 2.24. The van der Waals surface area contributed by atoms with Gasteiger partial charge < -0.3 is 10.1 Å². The zero-order valence-electron chi connectivity index (χ0n) is 11.8. The Kier molecular flexibility index (Phi) is 4.45. The van der Waals surface area contributed by atoms with Gasteiger partial charge in [0.05, 0.1) is 6.61 Å². The fourth-order valence-electron chi connectivity index (χ4n) is 3.09. The van der Waals surface area contributed by atoms with Gasteiger partial charge >= 0.3 is 0 Å². The molecule has 0 aliphatic carbocycles. The monoisotopic (exact) mass is 240 g/mol. The predicted molar refractivity (Wildman–Crippen MR) is 71.2 cm³/mol. The van der Waals surface area contributed by atoms with Crippen LogP contribution in [0.3, 0.4) is 0 Å². The van der Waals surface area contributed by atoms with Crippen molar-refractivity contribution in [2.45, 2.75) is 52.2 Å². The van der Waals surface area contributed by atoms with Crippen molar-refractivity contribution in [1.82, 2.24) is 10.2 Å². The van der Waals surface area contributed by atoms with Crippen LogP contribution in [0.4, 0.5) is 0 Å². The van der Waals surface area contributed by atoms with E-state index < -0.39 is 0 Å². The summed E-state index contributed by atoms with van der Waals surface area (Å²) in [6.07, 6.45) is 1.22. The molecular formula is C14H28N2O. The van der Waals surface area contributed by atoms with Crippen molar-refractivity contribution in [1.29, 1.82) is 0 Å². The minimum Gasteiger partial charge on any atom is -0.380 e. The van der Waals surface area contributed by atoms with Crippen LogP contribution < -0.4 is 5.32 Å². The second-order valence-electron chi connectivity index (χ2n) is 6.28. The van der Waals surface area contributed by atoms with Gasteiger partial charge in [0.2, 0.25) is 0 Å². The largest absolute Gasteiger partial charge is 0.380 e. The first-order chi connectivity index (χ1) is 8.09. The van der Waals surface area contributed by atoms with Gasteiger partial charge in [-0.3, -0.25) is 4.90 Å². The van der Waals surface area contributed by atoms with Crippen molar-refractivity contribution >= 4 is 0 Å². The molecule has 100 valence electrons. The fourth-order valence-corrected chi connectivity index (χ4v) is 3.09. The molecule has 0 saturated carbocycles. The van der Waals surface area contributed by atoms with E-state index >= 15 is 0 Å². The molecule has 2 fully saturated rings. The number of ether oxygens (including phenoxy) is 1. The summed E-state index contributed by atoms with van der Waals surface area (Å²) in [5, 5.41) is 3.72. The van der Waals surface area contributed by atoms with Crippen LogP contribution in [0, 0.1) is 11.8 Å². The maximum absolute atomic E-state index is 5.57. The first-order valence-corrected chi connectivity index (χ1v) is 7.16. The van der Waals surface area contributed by atoms with E-state index in [1.54, 1.807) is 0 Å². The third kappa shape index (κ3) is 3.01. The Morgan fingerprint density at radius 2 is 1.94 bits per heavy atom. The quantitative estimate of drug-likeness (QED) is 0.813. The summed E-state index contributed by atoms with van der Waals surface area (Å²) in [4.78, 5) is 2.72. The lowest BCUT2D eigenvalue weighted by molar-refractivity contribution is 0.0392. The highest BCUT2D eigenvalue weighted by Gasteiger charge is 2.36. The molecule has 2 rings (SSSR count). The van der Waals surface area contributed by atoms with Crippen LogP contribution in [0.15, 0.2) is 0 Å². The van der Waals surface area contributed by atoms with E-state index in [-0.39, 0.29) is 0 Å². The Balaban J connectivity index is 2.03. The Hall–Kier alpha value is -0.120. The van der Waals surface area contributed by atoms with Gasteiger partial charge in [-0.25, -0.2) is 0 Å². The van der Waals surface area contributed by atoms with Crippen LogP contribution in [-0.4, -0.2) is 49.3 Å². The van der Waals surface area contributed by atoms with Gasteiger partial charge in [-0.2, -0.15) is 0 Å². The lowest BCUT2D eigenvalue weighted by Crippen LogP contribution is -2.62. The Morgan fingerprint density at radius 1 is 1.18 bits per heavy atom. The summed E-state index contributed by atoms with van der Waals surface area (Å²) in [5.74, 6) is 1.43. The van der Waals surface area contributed by atoms with Gasteiger partial charge in [-0.05, 0) is 18.3 Å². The summed E-state index contributed by atoms with van der Waals surface area (Å²) < 4.78 is 5.57. The van der Waals surface area contributed by atoms with Crippen LogP contribution in [0.25, 0.3) is 0 Å². The topological polar surface area (TPSA) is 24.5 Å². The second kappa shape index (κ2) is 5.68. The summed E-state index contributed by atoms with van der Waals surface area (Å²) in [6, 6.07) is 1.98. The minimum absolute atomic E-state index is 0.644. The van der Waals surface area contributed by atoms with Gasteiger partial charge in [0.25, 0.3) is 0 Å². The van der Waals surface area contributed by atoms with Crippen molar-refractivity contribution in [3.63, 3.8) is 0 Å². The average Bonchev–Trinajstić information content (AvgIpc) is 2.81. The molecule has 1 N–H and O–H groups in total. The molecule has 17 heavy (non-hydrogen) atoms. The van der Waals surface area contributed by atoms with Crippen LogP contribution in [0.5, 0.6) is 0 Å². The predicted octanol–water partition coefficient (Wildman–Crippen LogP) is 1.73. The van der Waals surface area contributed by atoms with Gasteiger partial charge in [-0.1, -0.05) is 27.7 Å². The van der Waals surface area contributed by atoms with Crippen molar-refractivity contribution in [2.24, 2.45) is 11.8 Å². The summed E-state index contributed by atoms with van der Waals surface area (Å²) >= 11 is 0. The smallest absolute Gasteiger partial charge is 0.0622 e. The van der Waals surface area contributed by atoms with E-state index in [1.165, 1.54) is 13.0 Å². The van der Waals surface area contributed by atoms with Crippen molar-refractivity contribution in [3.05, 3.63) is 0 Å². The number of hydrogen-bond acceptors (Lipinski definition) is 3. The third-order valence-electron chi connectivity index (χ3n) is 4.37. The van der Waals surface area contributed by atoms with Gasteiger partial charge in [0.1, 0.15) is 0 Å². The third-order valence-corrected chi connectivity index (χ3v) is 4.37. The minimum atomic E-state index is 0.644. The molecule has 2 aliphatic rings. The van der Waals surface area contributed by atoms with Crippen LogP contribution >= 0.6 is 0 Å². The number of piperazine rings is 1. The van der Waals surface area contributed by atoms with E-state index in [0.717, 1.165) is 25.7 Å². The Labute approximate surface area is 106 Å². The Morgan fingerprint density at radius 3 is 2.47 bits per heavy atom. The molecule has 0 spiro atoms. The summed E-state index contributed by atoms with van der Waals surface area (Å²) in [6.45, 7) is 13.5. The molecular weight excluding hydrogens is 212 g/mol. The fraction of sp³-hybridized carbons (Fsp3) is 1.00. The number of nitrogens with one attached hydrogen (secondary N) is 1. The summed E-state index contributed by atoms with van der Waals surface area (Å²) in [5.41, 5.74) is 0. The molecule has 3 unspecified atom stereocenters. The number of hydrogen-bond donors (Lipinski definition) is 1. The van der Waals surface area contributed by atoms with Crippen molar-refractivity contribution < 1.29 is 4.74 Å². The lowest BCUT2D eigenvalue weighted by atomic mass is 9.92. The van der Waals surface area contributed by atoms with Crippen molar-refractivity contribution in [2.75, 3.05) is 26.3 Å². The van der Waals surface area contributed by atoms with E-state index in [0.29, 0.717) is 24.0 Å². The average molecular weight is 240 g/mol. The van der Waals surface area contributed by atoms with E-state index in [9.17, 15) is 0 Å². The maximum Gasteiger partial charge on any atom is 0.0622 e. The van der Waals surface area contributed by atoms with Crippen LogP contribution in [-0.2, 0) is 4.74 Å². The molecule has 0 amide bonds. The first kappa shape index (κ1) is 13.3. The molecule has 3 heteroatoms. The molecule has 0 aromatic rings. The van der Waals surface area contributed by atoms with Gasteiger partial charge in [0.15, 0.2) is 0 Å². The zero-order valence-corrected chi connectivity index (χ0v) is 11.8. The lowest BCUT2D eigenvalue weighted by Gasteiger charge is -2.46. The van der Waals surface area contributed by atoms with E-state index in [4.69, 9.17) is 4.74 Å². The standard InChI is InChI=1S/C14H28N2O/c1-10(2)13-8-16(12-5-6-17-9-12)14(7-15-13)11(3)4/h10-15H,5-9H2,1-4H3. The van der Waals surface area contributed by atoms with E-state index in [1.807, 2.05) is 0 Å². The molecule has 2 aliphatic heterocycles. The highest BCUT2D eigenvalue weighted by molar-refractivity contribution is 4.93. The van der Waals surface area contributed by atoms with Gasteiger partial charge in [0, 0.05) is 37.8 Å². The van der Waals surface area contributed by atoms with E-state index in [2.05, 4.69) is 37.9 Å². The zero-order chi connectivity index (χ0) is 12.4. The van der Waals surface area contributed by atoms with Gasteiger partial charge in [-0.15, -0.1) is 0 Å². The van der Waals surface area contributed by atoms with Crippen LogP contribution in [0.2, 0.25) is 0 Å². The molecule has 0 aromatic heterocycles. The SMILES string of the molecule is CC(C)C1CN(C2CCOC2)C(C(C)C)CN1. The first-order valence-electron chi connectivity index (χ1n) is 7.16. The van der Waals surface area contributed by atoms with Crippen LogP contribution in [0.1, 0.15) is 34.1 Å². The number of nitrogens with zero attached hydrogens (tertiary/aromatic N) is 1. The summed E-state index contributed by atoms with van der Waals surface area (Å²) in [7, 11) is 0. The molecule has 3 nitrogen and oxygen atoms in total. The molecule has 0 radical (unpaired) electrons. The van der Waals surface area contributed by atoms with Crippen molar-refractivity contribution in [3.8, 4) is 0 Å². The normalized spacial score (nSPS) is 36.0. The second-order valence-corrected chi connectivity index (χ2v) is 6.28. The molecule has 0 bridgehead atoms. The number of rotatable bonds is 3. The molecule has 0 aromatic carbocycles. The molecule has 2 saturated heterocycles. The highest BCUT2D eigenvalue weighted by atomic mass is 16.5. The Bertz CT molecular complexity index is 236. The molecule has 2 heterocycles. The molecule has 3 atom stereocenters. The maximum atomic E-state index is 5.57.